The summed E-state index contributed by atoms with van der Waals surface area (Å²) in [5, 5.41) is 5.93. The van der Waals surface area contributed by atoms with Gasteiger partial charge in [-0.05, 0) is 55.8 Å². The zero-order chi connectivity index (χ0) is 21.5. The number of carbonyl (C=O) groups is 2. The number of nitrogens with zero attached hydrogens (tertiary/aromatic N) is 1. The zero-order valence-electron chi connectivity index (χ0n) is 17.1. The lowest BCUT2D eigenvalue weighted by molar-refractivity contribution is -0.126. The molecule has 1 aromatic heterocycles. The second-order valence-electron chi connectivity index (χ2n) is 7.39. The summed E-state index contributed by atoms with van der Waals surface area (Å²) < 4.78 is 5.26. The highest BCUT2D eigenvalue weighted by Gasteiger charge is 2.31. The van der Waals surface area contributed by atoms with E-state index in [2.05, 4.69) is 10.6 Å². The monoisotopic (exact) mass is 435 g/mol. The number of likely N-dealkylation sites (tertiary alicyclic amines) is 1. The summed E-state index contributed by atoms with van der Waals surface area (Å²) in [6, 6.07) is 21.1. The first-order chi connectivity index (χ1) is 15.2. The van der Waals surface area contributed by atoms with Gasteiger partial charge in [-0.2, -0.15) is 0 Å². The van der Waals surface area contributed by atoms with E-state index >= 15 is 0 Å². The van der Waals surface area contributed by atoms with Gasteiger partial charge in [0.2, 0.25) is 11.8 Å². The molecule has 0 unspecified atom stereocenters. The van der Waals surface area contributed by atoms with Crippen molar-refractivity contribution in [2.24, 2.45) is 0 Å². The van der Waals surface area contributed by atoms with Crippen molar-refractivity contribution in [2.75, 3.05) is 18.4 Å². The maximum absolute atomic E-state index is 12.8. The molecule has 2 amide bonds. The van der Waals surface area contributed by atoms with Crippen LogP contribution in [0.1, 0.15) is 18.6 Å². The second kappa shape index (κ2) is 10.3. The van der Waals surface area contributed by atoms with Crippen LogP contribution < -0.4 is 10.6 Å². The first-order valence-corrected chi connectivity index (χ1v) is 11.2. The molecule has 0 aliphatic carbocycles. The van der Waals surface area contributed by atoms with Crippen LogP contribution in [0.25, 0.3) is 0 Å². The molecule has 160 valence electrons. The summed E-state index contributed by atoms with van der Waals surface area (Å²) in [5.41, 5.74) is 0.777. The van der Waals surface area contributed by atoms with Gasteiger partial charge in [-0.1, -0.05) is 42.1 Å². The molecular weight excluding hydrogens is 410 g/mol. The van der Waals surface area contributed by atoms with E-state index in [4.69, 9.17) is 4.42 Å². The average molecular weight is 436 g/mol. The van der Waals surface area contributed by atoms with Crippen LogP contribution in [0.2, 0.25) is 0 Å². The Balaban J connectivity index is 1.34. The molecule has 1 aliphatic heterocycles. The predicted octanol–water partition coefficient (Wildman–Crippen LogP) is 4.15. The lowest BCUT2D eigenvalue weighted by Crippen LogP contribution is -2.45. The number of furan rings is 1. The maximum Gasteiger partial charge on any atom is 0.238 e. The minimum Gasteiger partial charge on any atom is -0.467 e. The van der Waals surface area contributed by atoms with Gasteiger partial charge in [0.15, 0.2) is 0 Å². The Morgan fingerprint density at radius 1 is 1.03 bits per heavy atom. The molecule has 2 aromatic carbocycles. The summed E-state index contributed by atoms with van der Waals surface area (Å²) in [6.07, 6.45) is 3.23. The number of carbonyl (C=O) groups excluding carboxylic acids is 2. The third kappa shape index (κ3) is 5.77. The predicted molar refractivity (Wildman–Crippen MR) is 121 cm³/mol. The van der Waals surface area contributed by atoms with Crippen molar-refractivity contribution in [1.29, 1.82) is 0 Å². The highest BCUT2D eigenvalue weighted by molar-refractivity contribution is 7.99. The Labute approximate surface area is 186 Å². The van der Waals surface area contributed by atoms with Gasteiger partial charge < -0.3 is 15.1 Å². The van der Waals surface area contributed by atoms with Gasteiger partial charge >= 0.3 is 0 Å². The van der Waals surface area contributed by atoms with Gasteiger partial charge in [-0.15, -0.1) is 0 Å². The summed E-state index contributed by atoms with van der Waals surface area (Å²) in [6.45, 7) is 1.27. The first kappa shape index (κ1) is 21.2. The molecule has 2 heterocycles. The van der Waals surface area contributed by atoms with Gasteiger partial charge in [0, 0.05) is 9.79 Å². The van der Waals surface area contributed by atoms with E-state index in [1.165, 1.54) is 0 Å². The van der Waals surface area contributed by atoms with Gasteiger partial charge in [0.25, 0.3) is 0 Å². The molecular formula is C24H25N3O3S. The number of para-hydroxylation sites is 1. The lowest BCUT2D eigenvalue weighted by Gasteiger charge is -2.23. The van der Waals surface area contributed by atoms with Gasteiger partial charge in [0.1, 0.15) is 5.76 Å². The number of hydrogen-bond acceptors (Lipinski definition) is 5. The molecule has 0 bridgehead atoms. The highest BCUT2D eigenvalue weighted by atomic mass is 32.2. The lowest BCUT2D eigenvalue weighted by atomic mass is 10.2. The minimum atomic E-state index is -0.297. The van der Waals surface area contributed by atoms with E-state index in [0.29, 0.717) is 12.3 Å². The van der Waals surface area contributed by atoms with Gasteiger partial charge in [-0.3, -0.25) is 14.5 Å². The SMILES string of the molecule is O=C(CN1CCC[C@@H]1C(=O)NCc1ccco1)Nc1ccccc1Sc1ccccc1. The summed E-state index contributed by atoms with van der Waals surface area (Å²) in [4.78, 5) is 29.4. The molecule has 2 N–H and O–H groups in total. The van der Waals surface area contributed by atoms with Crippen LogP contribution in [-0.4, -0.2) is 35.8 Å². The average Bonchev–Trinajstić information content (AvgIpc) is 3.46. The van der Waals surface area contributed by atoms with E-state index in [1.807, 2.05) is 65.6 Å². The fourth-order valence-electron chi connectivity index (χ4n) is 3.67. The quantitative estimate of drug-likeness (QED) is 0.556. The van der Waals surface area contributed by atoms with E-state index in [-0.39, 0.29) is 24.4 Å². The highest BCUT2D eigenvalue weighted by Crippen LogP contribution is 2.33. The number of hydrogen-bond donors (Lipinski definition) is 2. The topological polar surface area (TPSA) is 74.6 Å². The molecule has 0 radical (unpaired) electrons. The molecule has 4 rings (SSSR count). The number of nitrogens with one attached hydrogen (secondary N) is 2. The van der Waals surface area contributed by atoms with Crippen molar-refractivity contribution in [2.45, 2.75) is 35.2 Å². The molecule has 1 aliphatic rings. The molecule has 6 nitrogen and oxygen atoms in total. The zero-order valence-corrected chi connectivity index (χ0v) is 17.9. The molecule has 7 heteroatoms. The summed E-state index contributed by atoms with van der Waals surface area (Å²) in [7, 11) is 0. The fourth-order valence-corrected chi connectivity index (χ4v) is 4.59. The van der Waals surface area contributed by atoms with Crippen LogP contribution in [0.4, 0.5) is 5.69 Å². The molecule has 1 fully saturated rings. The van der Waals surface area contributed by atoms with Crippen LogP contribution >= 0.6 is 11.8 Å². The molecule has 1 saturated heterocycles. The van der Waals surface area contributed by atoms with Crippen molar-refractivity contribution in [1.82, 2.24) is 10.2 Å². The fraction of sp³-hybridized carbons (Fsp3) is 0.250. The molecule has 0 spiro atoms. The smallest absolute Gasteiger partial charge is 0.238 e. The Morgan fingerprint density at radius 2 is 1.84 bits per heavy atom. The number of amides is 2. The maximum atomic E-state index is 12.8. The van der Waals surface area contributed by atoms with E-state index in [1.54, 1.807) is 24.1 Å². The van der Waals surface area contributed by atoms with Crippen LogP contribution in [0.3, 0.4) is 0 Å². The number of anilines is 1. The van der Waals surface area contributed by atoms with E-state index in [0.717, 1.165) is 34.9 Å². The Morgan fingerprint density at radius 3 is 2.65 bits per heavy atom. The molecule has 0 saturated carbocycles. The van der Waals surface area contributed by atoms with Crippen molar-refractivity contribution >= 4 is 29.3 Å². The van der Waals surface area contributed by atoms with Crippen LogP contribution in [0.5, 0.6) is 0 Å². The third-order valence-corrected chi connectivity index (χ3v) is 6.25. The third-order valence-electron chi connectivity index (χ3n) is 5.16. The largest absolute Gasteiger partial charge is 0.467 e. The minimum absolute atomic E-state index is 0.0678. The van der Waals surface area contributed by atoms with E-state index in [9.17, 15) is 9.59 Å². The Kier molecular flexibility index (Phi) is 7.07. The van der Waals surface area contributed by atoms with E-state index < -0.39 is 0 Å². The summed E-state index contributed by atoms with van der Waals surface area (Å²) in [5.74, 6) is 0.525. The molecule has 31 heavy (non-hydrogen) atoms. The van der Waals surface area contributed by atoms with Crippen LogP contribution in [0, 0.1) is 0 Å². The number of rotatable bonds is 8. The van der Waals surface area contributed by atoms with Gasteiger partial charge in [-0.25, -0.2) is 0 Å². The van der Waals surface area contributed by atoms with Crippen molar-refractivity contribution in [3.63, 3.8) is 0 Å². The van der Waals surface area contributed by atoms with Crippen LogP contribution in [0.15, 0.2) is 87.2 Å². The van der Waals surface area contributed by atoms with Crippen molar-refractivity contribution in [3.8, 4) is 0 Å². The Hall–Kier alpha value is -3.03. The normalized spacial score (nSPS) is 16.2. The van der Waals surface area contributed by atoms with Gasteiger partial charge in [0.05, 0.1) is 31.1 Å². The standard InChI is InChI=1S/C24H25N3O3S/c28-23(26-20-11-4-5-13-22(20)31-19-9-2-1-3-10-19)17-27-14-6-12-21(27)24(29)25-16-18-8-7-15-30-18/h1-5,7-11,13,15,21H,6,12,14,16-17H2,(H,25,29)(H,26,28)/t21-/m1/s1. The van der Waals surface area contributed by atoms with Crippen molar-refractivity contribution in [3.05, 3.63) is 78.8 Å². The summed E-state index contributed by atoms with van der Waals surface area (Å²) >= 11 is 1.61. The molecule has 3 aromatic rings. The van der Waals surface area contributed by atoms with Crippen LogP contribution in [-0.2, 0) is 16.1 Å². The molecule has 1 atom stereocenters. The second-order valence-corrected chi connectivity index (χ2v) is 8.50. The van der Waals surface area contributed by atoms with Crippen molar-refractivity contribution < 1.29 is 14.0 Å². The number of benzene rings is 2. The first-order valence-electron chi connectivity index (χ1n) is 10.3. The Bertz CT molecular complexity index is 1010.